The lowest BCUT2D eigenvalue weighted by molar-refractivity contribution is -0.132. The Morgan fingerprint density at radius 1 is 1.42 bits per heavy atom. The van der Waals surface area contributed by atoms with Gasteiger partial charge in [-0.05, 0) is 46.2 Å². The zero-order valence-corrected chi connectivity index (χ0v) is 15.0. The molecule has 2 saturated heterocycles. The Kier molecular flexibility index (Phi) is 4.38. The zero-order chi connectivity index (χ0) is 17.5. The molecule has 2 aliphatic heterocycles. The number of likely N-dealkylation sites (N-methyl/N-ethyl adjacent to an activating group) is 1. The Morgan fingerprint density at radius 3 is 2.75 bits per heavy atom. The summed E-state index contributed by atoms with van der Waals surface area (Å²) in [5.41, 5.74) is 0.260. The molecule has 2 aliphatic rings. The Bertz CT molecular complexity index is 641. The van der Waals surface area contributed by atoms with Gasteiger partial charge in [0.25, 0.3) is 5.91 Å². The molecule has 1 N–H and O–H groups in total. The van der Waals surface area contributed by atoms with E-state index in [0.29, 0.717) is 6.04 Å². The molecule has 1 aromatic rings. The number of hydrogen-bond acceptors (Lipinski definition) is 4. The first-order chi connectivity index (χ1) is 11.3. The van der Waals surface area contributed by atoms with Crippen LogP contribution < -0.4 is 5.32 Å². The lowest BCUT2D eigenvalue weighted by Gasteiger charge is -2.39. The standard InChI is InChI=1S/C17H27N5O2/c1-12(2)22-9-7-14(19-22)11-21-8-5-6-13(10-21)17(3)15(23)20(4)16(24)18-17/h7,9,12-13H,5-6,8,10-11H2,1-4H3,(H,18,24)/t13-,17+/m1/s1. The summed E-state index contributed by atoms with van der Waals surface area (Å²) in [5, 5.41) is 7.51. The number of imide groups is 1. The topological polar surface area (TPSA) is 70.5 Å². The number of aromatic nitrogens is 2. The fraction of sp³-hybridized carbons (Fsp3) is 0.706. The summed E-state index contributed by atoms with van der Waals surface area (Å²) in [6.45, 7) is 8.66. The van der Waals surface area contributed by atoms with Crippen LogP contribution in [0.5, 0.6) is 0 Å². The second-order valence-electron chi connectivity index (χ2n) is 7.45. The Hall–Kier alpha value is -1.89. The van der Waals surface area contributed by atoms with E-state index in [2.05, 4.69) is 35.2 Å². The van der Waals surface area contributed by atoms with Gasteiger partial charge in [-0.25, -0.2) is 4.79 Å². The summed E-state index contributed by atoms with van der Waals surface area (Å²) >= 11 is 0. The van der Waals surface area contributed by atoms with Crippen molar-refractivity contribution in [3.05, 3.63) is 18.0 Å². The van der Waals surface area contributed by atoms with Gasteiger partial charge in [-0.2, -0.15) is 5.10 Å². The Balaban J connectivity index is 1.68. The normalized spacial score (nSPS) is 28.7. The molecule has 0 radical (unpaired) electrons. The van der Waals surface area contributed by atoms with Crippen LogP contribution in [0.15, 0.2) is 12.3 Å². The first-order valence-corrected chi connectivity index (χ1v) is 8.68. The van der Waals surface area contributed by atoms with E-state index < -0.39 is 5.54 Å². The van der Waals surface area contributed by atoms with Crippen molar-refractivity contribution in [3.8, 4) is 0 Å². The maximum atomic E-state index is 12.5. The molecule has 3 amide bonds. The van der Waals surface area contributed by atoms with Crippen LogP contribution in [0.3, 0.4) is 0 Å². The summed E-state index contributed by atoms with van der Waals surface area (Å²) in [7, 11) is 1.54. The van der Waals surface area contributed by atoms with E-state index in [1.165, 1.54) is 4.90 Å². The van der Waals surface area contributed by atoms with Gasteiger partial charge < -0.3 is 5.32 Å². The quantitative estimate of drug-likeness (QED) is 0.850. The van der Waals surface area contributed by atoms with Gasteiger partial charge in [0.2, 0.25) is 0 Å². The summed E-state index contributed by atoms with van der Waals surface area (Å²) in [5.74, 6) is 0.00303. The molecule has 0 unspecified atom stereocenters. The van der Waals surface area contributed by atoms with Crippen LogP contribution in [0.4, 0.5) is 4.79 Å². The van der Waals surface area contributed by atoms with E-state index in [4.69, 9.17) is 0 Å². The van der Waals surface area contributed by atoms with Crippen LogP contribution in [0.2, 0.25) is 0 Å². The van der Waals surface area contributed by atoms with Crippen LogP contribution in [0.25, 0.3) is 0 Å². The molecule has 2 atom stereocenters. The Morgan fingerprint density at radius 2 is 2.17 bits per heavy atom. The number of hydrogen-bond donors (Lipinski definition) is 1. The van der Waals surface area contributed by atoms with Gasteiger partial charge in [0.1, 0.15) is 5.54 Å². The largest absolute Gasteiger partial charge is 0.324 e. The number of carbonyl (C=O) groups is 2. The van der Waals surface area contributed by atoms with Crippen molar-refractivity contribution >= 4 is 11.9 Å². The molecule has 3 rings (SSSR count). The number of amides is 3. The third-order valence-electron chi connectivity index (χ3n) is 5.32. The molecule has 24 heavy (non-hydrogen) atoms. The fourth-order valence-electron chi connectivity index (χ4n) is 3.73. The number of carbonyl (C=O) groups excluding carboxylic acids is 2. The second-order valence-corrected chi connectivity index (χ2v) is 7.45. The lowest BCUT2D eigenvalue weighted by atomic mass is 9.80. The zero-order valence-electron chi connectivity index (χ0n) is 15.0. The van der Waals surface area contributed by atoms with Crippen molar-refractivity contribution in [1.82, 2.24) is 24.9 Å². The van der Waals surface area contributed by atoms with E-state index in [-0.39, 0.29) is 17.9 Å². The minimum atomic E-state index is -0.790. The Labute approximate surface area is 143 Å². The second kappa shape index (κ2) is 6.20. The van der Waals surface area contributed by atoms with Crippen LogP contribution in [0, 0.1) is 5.92 Å². The van der Waals surface area contributed by atoms with Crippen molar-refractivity contribution < 1.29 is 9.59 Å². The highest BCUT2D eigenvalue weighted by molar-refractivity contribution is 6.06. The number of rotatable bonds is 4. The van der Waals surface area contributed by atoms with Crippen molar-refractivity contribution in [2.45, 2.75) is 51.7 Å². The van der Waals surface area contributed by atoms with E-state index >= 15 is 0 Å². The fourth-order valence-corrected chi connectivity index (χ4v) is 3.73. The van der Waals surface area contributed by atoms with Gasteiger partial charge in [-0.1, -0.05) is 0 Å². The molecule has 3 heterocycles. The van der Waals surface area contributed by atoms with Crippen molar-refractivity contribution in [3.63, 3.8) is 0 Å². The molecule has 1 aromatic heterocycles. The predicted octanol–water partition coefficient (Wildman–Crippen LogP) is 1.62. The average molecular weight is 333 g/mol. The van der Waals surface area contributed by atoms with Gasteiger partial charge >= 0.3 is 6.03 Å². The van der Waals surface area contributed by atoms with Gasteiger partial charge in [-0.3, -0.25) is 19.3 Å². The monoisotopic (exact) mass is 333 g/mol. The lowest BCUT2D eigenvalue weighted by Crippen LogP contribution is -2.55. The molecular weight excluding hydrogens is 306 g/mol. The SMILES string of the molecule is CC(C)n1ccc(CN2CCC[C@@H]([C@]3(C)NC(=O)N(C)C3=O)C2)n1. The molecule has 132 valence electrons. The van der Waals surface area contributed by atoms with Crippen LogP contribution in [-0.2, 0) is 11.3 Å². The molecule has 0 aliphatic carbocycles. The number of likely N-dealkylation sites (tertiary alicyclic amines) is 1. The molecule has 7 nitrogen and oxygen atoms in total. The van der Waals surface area contributed by atoms with Gasteiger partial charge in [0.15, 0.2) is 0 Å². The number of nitrogens with zero attached hydrogens (tertiary/aromatic N) is 4. The summed E-state index contributed by atoms with van der Waals surface area (Å²) < 4.78 is 1.97. The number of piperidine rings is 1. The molecule has 2 fully saturated rings. The molecule has 0 spiro atoms. The number of nitrogens with one attached hydrogen (secondary N) is 1. The van der Waals surface area contributed by atoms with Crippen LogP contribution in [-0.4, -0.2) is 57.2 Å². The maximum absolute atomic E-state index is 12.5. The molecular formula is C17H27N5O2. The summed E-state index contributed by atoms with van der Waals surface area (Å²) in [6, 6.07) is 2.12. The van der Waals surface area contributed by atoms with E-state index in [1.807, 2.05) is 17.8 Å². The highest BCUT2D eigenvalue weighted by Crippen LogP contribution is 2.32. The maximum Gasteiger partial charge on any atom is 0.324 e. The minimum absolute atomic E-state index is 0.122. The average Bonchev–Trinajstić information content (AvgIpc) is 3.08. The molecule has 7 heteroatoms. The third kappa shape index (κ3) is 2.92. The van der Waals surface area contributed by atoms with Gasteiger partial charge in [0.05, 0.1) is 5.69 Å². The van der Waals surface area contributed by atoms with Crippen LogP contribution >= 0.6 is 0 Å². The highest BCUT2D eigenvalue weighted by atomic mass is 16.2. The first-order valence-electron chi connectivity index (χ1n) is 8.68. The number of urea groups is 1. The van der Waals surface area contributed by atoms with E-state index in [1.54, 1.807) is 7.05 Å². The summed E-state index contributed by atoms with van der Waals surface area (Å²) in [6.07, 6.45) is 3.99. The van der Waals surface area contributed by atoms with Gasteiger partial charge in [-0.15, -0.1) is 0 Å². The highest BCUT2D eigenvalue weighted by Gasteiger charge is 2.51. The van der Waals surface area contributed by atoms with E-state index in [9.17, 15) is 9.59 Å². The first kappa shape index (κ1) is 17.0. The van der Waals surface area contributed by atoms with Crippen molar-refractivity contribution in [1.29, 1.82) is 0 Å². The third-order valence-corrected chi connectivity index (χ3v) is 5.32. The predicted molar refractivity (Wildman–Crippen MR) is 90.3 cm³/mol. The molecule has 0 saturated carbocycles. The smallest absolute Gasteiger partial charge is 0.323 e. The van der Waals surface area contributed by atoms with Crippen molar-refractivity contribution in [2.24, 2.45) is 5.92 Å². The molecule has 0 aromatic carbocycles. The molecule has 0 bridgehead atoms. The minimum Gasteiger partial charge on any atom is -0.323 e. The van der Waals surface area contributed by atoms with Crippen molar-refractivity contribution in [2.75, 3.05) is 20.1 Å². The summed E-state index contributed by atoms with van der Waals surface area (Å²) in [4.78, 5) is 27.9. The van der Waals surface area contributed by atoms with E-state index in [0.717, 1.165) is 38.2 Å². The van der Waals surface area contributed by atoms with Gasteiger partial charge in [0, 0.05) is 38.3 Å². The van der Waals surface area contributed by atoms with Crippen LogP contribution in [0.1, 0.15) is 45.3 Å².